The average Bonchev–Trinajstić information content (AvgIpc) is 2.29. The number of allylic oxidation sites excluding steroid dienone is 3. The second kappa shape index (κ2) is 3.43. The van der Waals surface area contributed by atoms with Gasteiger partial charge in [0.2, 0.25) is 0 Å². The van der Waals surface area contributed by atoms with E-state index in [0.717, 1.165) is 18.6 Å². The molecule has 0 spiro atoms. The van der Waals surface area contributed by atoms with Crippen molar-refractivity contribution in [2.24, 2.45) is 17.3 Å². The summed E-state index contributed by atoms with van der Waals surface area (Å²) in [4.78, 5) is 0. The molecule has 1 saturated carbocycles. The summed E-state index contributed by atoms with van der Waals surface area (Å²) in [5.41, 5.74) is -0.00512. The maximum absolute atomic E-state index is 9.35. The van der Waals surface area contributed by atoms with Crippen LogP contribution < -0.4 is 0 Å². The number of hydrogen-bond donors (Lipinski definition) is 1. The van der Waals surface area contributed by atoms with Crippen LogP contribution >= 0.6 is 0 Å². The molecular weight excluding hydrogens is 176 g/mol. The van der Waals surface area contributed by atoms with Gasteiger partial charge in [0, 0.05) is 17.9 Å². The minimum absolute atomic E-state index is 0.00512. The summed E-state index contributed by atoms with van der Waals surface area (Å²) in [7, 11) is 1.73. The van der Waals surface area contributed by atoms with Crippen LogP contribution in [0.2, 0.25) is 0 Å². The van der Waals surface area contributed by atoms with Crippen LogP contribution in [0.4, 0.5) is 0 Å². The van der Waals surface area contributed by atoms with Crippen molar-refractivity contribution in [3.05, 3.63) is 24.5 Å². The smallest absolute Gasteiger partial charge is 0.0955 e. The zero-order valence-electron chi connectivity index (χ0n) is 8.70. The molecule has 0 aromatic carbocycles. The highest BCUT2D eigenvalue weighted by molar-refractivity contribution is 5.24. The lowest BCUT2D eigenvalue weighted by Crippen LogP contribution is -2.41. The van der Waals surface area contributed by atoms with E-state index in [1.807, 2.05) is 6.08 Å². The molecule has 14 heavy (non-hydrogen) atoms. The third-order valence-electron chi connectivity index (χ3n) is 3.90. The van der Waals surface area contributed by atoms with E-state index in [1.165, 1.54) is 6.42 Å². The predicted molar refractivity (Wildman–Crippen MR) is 55.6 cm³/mol. The van der Waals surface area contributed by atoms with E-state index in [-0.39, 0.29) is 12.0 Å². The minimum Gasteiger partial charge on any atom is -0.501 e. The van der Waals surface area contributed by atoms with Gasteiger partial charge in [0.1, 0.15) is 0 Å². The number of hydrogen-bond acceptors (Lipinski definition) is 2. The largest absolute Gasteiger partial charge is 0.501 e. The van der Waals surface area contributed by atoms with Crippen LogP contribution in [0.3, 0.4) is 0 Å². The molecule has 0 aromatic rings. The number of aliphatic hydroxyl groups excluding tert-OH is 1. The summed E-state index contributed by atoms with van der Waals surface area (Å²) in [6.45, 7) is 4.17. The predicted octanol–water partition coefficient (Wildman–Crippen LogP) is 2.11. The Morgan fingerprint density at radius 2 is 2.57 bits per heavy atom. The lowest BCUT2D eigenvalue weighted by molar-refractivity contribution is 0.0502. The molecule has 0 radical (unpaired) electrons. The highest BCUT2D eigenvalue weighted by Gasteiger charge is 2.45. The number of rotatable bonds is 3. The molecule has 0 saturated heterocycles. The van der Waals surface area contributed by atoms with Crippen molar-refractivity contribution >= 4 is 0 Å². The van der Waals surface area contributed by atoms with E-state index in [0.29, 0.717) is 11.8 Å². The topological polar surface area (TPSA) is 29.5 Å². The van der Waals surface area contributed by atoms with Crippen molar-refractivity contribution in [3.8, 4) is 0 Å². The van der Waals surface area contributed by atoms with Gasteiger partial charge in [0.15, 0.2) is 0 Å². The van der Waals surface area contributed by atoms with E-state index >= 15 is 0 Å². The summed E-state index contributed by atoms with van der Waals surface area (Å²) < 4.78 is 5.38. The Kier molecular flexibility index (Phi) is 2.40. The second-order valence-electron chi connectivity index (χ2n) is 4.42. The maximum Gasteiger partial charge on any atom is 0.0955 e. The van der Waals surface area contributed by atoms with Gasteiger partial charge >= 0.3 is 0 Å². The number of aliphatic hydroxyl groups is 1. The molecular formula is C12H18O2. The highest BCUT2D eigenvalue weighted by Crippen LogP contribution is 2.52. The van der Waals surface area contributed by atoms with Gasteiger partial charge in [0.25, 0.3) is 0 Å². The molecule has 2 bridgehead atoms. The SMILES string of the molecule is C=CC12C=C(OC)C(CC1)CC2CO. The summed E-state index contributed by atoms with van der Waals surface area (Å²) in [6.07, 6.45) is 7.49. The van der Waals surface area contributed by atoms with Gasteiger partial charge in [-0.1, -0.05) is 6.08 Å². The van der Waals surface area contributed by atoms with Gasteiger partial charge in [-0.05, 0) is 31.3 Å². The Hall–Kier alpha value is -0.760. The molecule has 1 N–H and O–H groups in total. The third-order valence-corrected chi connectivity index (χ3v) is 3.90. The Bertz CT molecular complexity index is 269. The van der Waals surface area contributed by atoms with Crippen molar-refractivity contribution < 1.29 is 9.84 Å². The molecule has 3 unspecified atom stereocenters. The van der Waals surface area contributed by atoms with Gasteiger partial charge in [0.05, 0.1) is 12.9 Å². The molecule has 3 rings (SSSR count). The second-order valence-corrected chi connectivity index (χ2v) is 4.42. The summed E-state index contributed by atoms with van der Waals surface area (Å²) >= 11 is 0. The standard InChI is InChI=1S/C12H18O2/c1-3-12-5-4-9(6-10(12)8-13)11(7-12)14-2/h3,7,9-10,13H,1,4-6,8H2,2H3. The van der Waals surface area contributed by atoms with Crippen LogP contribution in [0.25, 0.3) is 0 Å². The quantitative estimate of drug-likeness (QED) is 0.697. The van der Waals surface area contributed by atoms with Crippen molar-refractivity contribution in [1.82, 2.24) is 0 Å². The molecule has 3 aliphatic carbocycles. The first-order chi connectivity index (χ1) is 6.75. The molecule has 3 aliphatic rings. The first-order valence-electron chi connectivity index (χ1n) is 5.27. The zero-order chi connectivity index (χ0) is 10.2. The number of fused-ring (bicyclic) bond motifs is 2. The van der Waals surface area contributed by atoms with Crippen LogP contribution in [0.1, 0.15) is 19.3 Å². The fourth-order valence-electron chi connectivity index (χ4n) is 2.94. The van der Waals surface area contributed by atoms with E-state index < -0.39 is 0 Å². The lowest BCUT2D eigenvalue weighted by Gasteiger charge is -2.47. The van der Waals surface area contributed by atoms with Crippen molar-refractivity contribution in [3.63, 3.8) is 0 Å². The molecule has 78 valence electrons. The summed E-state index contributed by atoms with van der Waals surface area (Å²) in [5.74, 6) is 1.97. The van der Waals surface area contributed by atoms with Crippen LogP contribution in [-0.4, -0.2) is 18.8 Å². The molecule has 0 aliphatic heterocycles. The summed E-state index contributed by atoms with van der Waals surface area (Å²) in [5, 5.41) is 9.35. The molecule has 3 atom stereocenters. The molecule has 2 nitrogen and oxygen atoms in total. The fraction of sp³-hybridized carbons (Fsp3) is 0.667. The van der Waals surface area contributed by atoms with Crippen molar-refractivity contribution in [2.45, 2.75) is 19.3 Å². The molecule has 0 aromatic heterocycles. The zero-order valence-corrected chi connectivity index (χ0v) is 8.70. The Labute approximate surface area is 85.3 Å². The lowest BCUT2D eigenvalue weighted by atomic mass is 9.58. The Morgan fingerprint density at radius 3 is 3.14 bits per heavy atom. The molecule has 2 heteroatoms. The van der Waals surface area contributed by atoms with Crippen LogP contribution in [0.5, 0.6) is 0 Å². The van der Waals surface area contributed by atoms with E-state index in [9.17, 15) is 5.11 Å². The highest BCUT2D eigenvalue weighted by atomic mass is 16.5. The Balaban J connectivity index is 2.36. The summed E-state index contributed by atoms with van der Waals surface area (Å²) in [6, 6.07) is 0. The molecule has 1 fully saturated rings. The van der Waals surface area contributed by atoms with Crippen LogP contribution in [0.15, 0.2) is 24.5 Å². The van der Waals surface area contributed by atoms with Crippen LogP contribution in [-0.2, 0) is 4.74 Å². The van der Waals surface area contributed by atoms with E-state index in [1.54, 1.807) is 7.11 Å². The van der Waals surface area contributed by atoms with E-state index in [2.05, 4.69) is 12.7 Å². The third kappa shape index (κ3) is 1.21. The number of ether oxygens (including phenoxy) is 1. The van der Waals surface area contributed by atoms with E-state index in [4.69, 9.17) is 4.74 Å². The fourth-order valence-corrected chi connectivity index (χ4v) is 2.94. The first-order valence-corrected chi connectivity index (χ1v) is 5.27. The maximum atomic E-state index is 9.35. The van der Waals surface area contributed by atoms with Gasteiger partial charge in [-0.25, -0.2) is 0 Å². The van der Waals surface area contributed by atoms with Gasteiger partial charge in [-0.2, -0.15) is 0 Å². The monoisotopic (exact) mass is 194 g/mol. The normalized spacial score (nSPS) is 40.6. The average molecular weight is 194 g/mol. The van der Waals surface area contributed by atoms with Crippen molar-refractivity contribution in [2.75, 3.05) is 13.7 Å². The van der Waals surface area contributed by atoms with Crippen molar-refractivity contribution in [1.29, 1.82) is 0 Å². The first kappa shape index (κ1) is 9.78. The Morgan fingerprint density at radius 1 is 1.79 bits per heavy atom. The molecule has 0 amide bonds. The van der Waals surface area contributed by atoms with Crippen LogP contribution in [0, 0.1) is 17.3 Å². The minimum atomic E-state index is -0.00512. The van der Waals surface area contributed by atoms with Gasteiger partial charge in [-0.15, -0.1) is 6.58 Å². The number of methoxy groups -OCH3 is 1. The van der Waals surface area contributed by atoms with Gasteiger partial charge < -0.3 is 9.84 Å². The molecule has 0 heterocycles. The van der Waals surface area contributed by atoms with Gasteiger partial charge in [-0.3, -0.25) is 0 Å².